The third-order valence-corrected chi connectivity index (χ3v) is 12.5. The van der Waals surface area contributed by atoms with Crippen LogP contribution in [0.25, 0.3) is 0 Å². The van der Waals surface area contributed by atoms with E-state index in [1.165, 1.54) is 50.5 Å². The SMILES string of the molecule is COCC(COC(=O)CCC(=O)O[C@H]1CC[C@@]2(C)C(=CC(C)C3C2CC[C@@]2(C)C3CC[C@@H]2[C@H](C)CCCC(C)C)C1)OC. The molecule has 0 aromatic rings. The number of carbonyl (C=O) groups is 2. The van der Waals surface area contributed by atoms with Crippen LogP contribution in [0.5, 0.6) is 0 Å². The molecular weight excluding hydrogens is 540 g/mol. The van der Waals surface area contributed by atoms with E-state index in [0.717, 1.165) is 54.8 Å². The first-order chi connectivity index (χ1) is 20.4. The highest BCUT2D eigenvalue weighted by Crippen LogP contribution is 2.68. The van der Waals surface area contributed by atoms with Crippen LogP contribution >= 0.6 is 0 Å². The number of esters is 2. The van der Waals surface area contributed by atoms with Gasteiger partial charge in [-0.15, -0.1) is 0 Å². The molecular formula is C37H62O6. The fraction of sp³-hybridized carbons (Fsp3) is 0.892. The van der Waals surface area contributed by atoms with E-state index in [0.29, 0.717) is 17.9 Å². The summed E-state index contributed by atoms with van der Waals surface area (Å²) in [6.45, 7) is 15.4. The fourth-order valence-electron chi connectivity index (χ4n) is 10.2. The van der Waals surface area contributed by atoms with Crippen molar-refractivity contribution < 1.29 is 28.5 Å². The lowest BCUT2D eigenvalue weighted by molar-refractivity contribution is -0.157. The van der Waals surface area contributed by atoms with E-state index >= 15 is 0 Å². The molecule has 3 fully saturated rings. The van der Waals surface area contributed by atoms with E-state index in [4.69, 9.17) is 18.9 Å². The smallest absolute Gasteiger partial charge is 0.306 e. The van der Waals surface area contributed by atoms with Crippen LogP contribution in [-0.4, -0.2) is 51.6 Å². The Labute approximate surface area is 262 Å². The number of allylic oxidation sites excluding steroid dienone is 1. The monoisotopic (exact) mass is 602 g/mol. The molecule has 0 aromatic heterocycles. The average Bonchev–Trinajstić information content (AvgIpc) is 3.32. The lowest BCUT2D eigenvalue weighted by Crippen LogP contribution is -2.53. The first-order valence-corrected chi connectivity index (χ1v) is 17.5. The maximum Gasteiger partial charge on any atom is 0.306 e. The van der Waals surface area contributed by atoms with E-state index in [1.54, 1.807) is 14.2 Å². The van der Waals surface area contributed by atoms with Crippen molar-refractivity contribution in [3.63, 3.8) is 0 Å². The quantitative estimate of drug-likeness (QED) is 0.148. The Hall–Kier alpha value is -1.40. The van der Waals surface area contributed by atoms with E-state index < -0.39 is 5.97 Å². The summed E-state index contributed by atoms with van der Waals surface area (Å²) in [5.41, 5.74) is 2.22. The summed E-state index contributed by atoms with van der Waals surface area (Å²) in [6, 6.07) is 0. The van der Waals surface area contributed by atoms with Gasteiger partial charge in [-0.25, -0.2) is 0 Å². The van der Waals surface area contributed by atoms with Gasteiger partial charge in [-0.2, -0.15) is 0 Å². The Morgan fingerprint density at radius 2 is 1.67 bits per heavy atom. The summed E-state index contributed by atoms with van der Waals surface area (Å²) < 4.78 is 21.5. The predicted molar refractivity (Wildman–Crippen MR) is 170 cm³/mol. The van der Waals surface area contributed by atoms with E-state index in [-0.39, 0.29) is 43.0 Å². The van der Waals surface area contributed by atoms with E-state index in [1.807, 2.05) is 0 Å². The van der Waals surface area contributed by atoms with E-state index in [9.17, 15) is 9.59 Å². The van der Waals surface area contributed by atoms with Crippen LogP contribution in [0, 0.1) is 52.3 Å². The molecule has 0 spiro atoms. The van der Waals surface area contributed by atoms with Gasteiger partial charge in [0.15, 0.2) is 0 Å². The minimum absolute atomic E-state index is 0.0215. The Kier molecular flexibility index (Phi) is 11.9. The maximum atomic E-state index is 12.7. The van der Waals surface area contributed by atoms with Gasteiger partial charge < -0.3 is 18.9 Å². The molecule has 0 amide bonds. The van der Waals surface area contributed by atoms with Crippen molar-refractivity contribution >= 4 is 11.9 Å². The predicted octanol–water partition coefficient (Wildman–Crippen LogP) is 8.17. The number of hydrogen-bond donors (Lipinski definition) is 0. The van der Waals surface area contributed by atoms with Crippen molar-refractivity contribution in [3.8, 4) is 0 Å². The summed E-state index contributed by atoms with van der Waals surface area (Å²) in [5, 5.41) is 0. The van der Waals surface area contributed by atoms with Gasteiger partial charge in [0, 0.05) is 20.6 Å². The lowest BCUT2D eigenvalue weighted by atomic mass is 9.45. The van der Waals surface area contributed by atoms with E-state index in [2.05, 4.69) is 47.6 Å². The summed E-state index contributed by atoms with van der Waals surface area (Å²) in [7, 11) is 3.13. The number of methoxy groups -OCH3 is 2. The summed E-state index contributed by atoms with van der Waals surface area (Å²) >= 11 is 0. The van der Waals surface area contributed by atoms with Gasteiger partial charge >= 0.3 is 11.9 Å². The van der Waals surface area contributed by atoms with Gasteiger partial charge in [-0.05, 0) is 90.8 Å². The maximum absolute atomic E-state index is 12.7. The molecule has 5 unspecified atom stereocenters. The largest absolute Gasteiger partial charge is 0.463 e. The number of fused-ring (bicyclic) bond motifs is 5. The molecule has 3 saturated carbocycles. The minimum atomic E-state index is -0.412. The van der Waals surface area contributed by atoms with Gasteiger partial charge in [-0.3, -0.25) is 9.59 Å². The number of ether oxygens (including phenoxy) is 4. The second-order valence-electron chi connectivity index (χ2n) is 15.6. The molecule has 0 saturated heterocycles. The summed E-state index contributed by atoms with van der Waals surface area (Å²) in [6.07, 6.45) is 14.8. The fourth-order valence-corrected chi connectivity index (χ4v) is 10.2. The molecule has 246 valence electrons. The third-order valence-electron chi connectivity index (χ3n) is 12.5. The molecule has 6 heteroatoms. The zero-order chi connectivity index (χ0) is 31.4. The zero-order valence-corrected chi connectivity index (χ0v) is 28.6. The van der Waals surface area contributed by atoms with Crippen LogP contribution in [0.15, 0.2) is 11.6 Å². The molecule has 10 atom stereocenters. The summed E-state index contributed by atoms with van der Waals surface area (Å²) in [4.78, 5) is 24.9. The van der Waals surface area contributed by atoms with Crippen LogP contribution in [0.3, 0.4) is 0 Å². The molecule has 43 heavy (non-hydrogen) atoms. The molecule has 0 radical (unpaired) electrons. The lowest BCUT2D eigenvalue weighted by Gasteiger charge is -2.60. The second-order valence-corrected chi connectivity index (χ2v) is 15.6. The van der Waals surface area contributed by atoms with Crippen LogP contribution in [0.1, 0.15) is 119 Å². The molecule has 4 aliphatic carbocycles. The van der Waals surface area contributed by atoms with Gasteiger partial charge in [-0.1, -0.05) is 72.5 Å². The normalized spacial score (nSPS) is 36.6. The molecule has 0 N–H and O–H groups in total. The molecule has 0 aromatic carbocycles. The van der Waals surface area contributed by atoms with Crippen molar-refractivity contribution in [3.05, 3.63) is 11.6 Å². The van der Waals surface area contributed by atoms with Crippen LogP contribution in [-0.2, 0) is 28.5 Å². The first kappa shape index (κ1) is 34.5. The van der Waals surface area contributed by atoms with Crippen molar-refractivity contribution in [1.82, 2.24) is 0 Å². The van der Waals surface area contributed by atoms with Gasteiger partial charge in [0.05, 0.1) is 19.4 Å². The van der Waals surface area contributed by atoms with Gasteiger partial charge in [0.1, 0.15) is 18.8 Å². The summed E-state index contributed by atoms with van der Waals surface area (Å²) in [5.74, 6) is 4.70. The first-order valence-electron chi connectivity index (χ1n) is 17.5. The minimum Gasteiger partial charge on any atom is -0.463 e. The van der Waals surface area contributed by atoms with Crippen LogP contribution in [0.4, 0.5) is 0 Å². The van der Waals surface area contributed by atoms with Gasteiger partial charge in [0.2, 0.25) is 0 Å². The van der Waals surface area contributed by atoms with Crippen molar-refractivity contribution in [1.29, 1.82) is 0 Å². The second kappa shape index (κ2) is 14.8. The average molecular weight is 603 g/mol. The molecule has 0 heterocycles. The van der Waals surface area contributed by atoms with Crippen LogP contribution in [0.2, 0.25) is 0 Å². The Morgan fingerprint density at radius 1 is 0.930 bits per heavy atom. The number of carbonyl (C=O) groups excluding carboxylic acids is 2. The van der Waals surface area contributed by atoms with Crippen molar-refractivity contribution in [2.75, 3.05) is 27.4 Å². The topological polar surface area (TPSA) is 71.1 Å². The molecule has 4 rings (SSSR count). The van der Waals surface area contributed by atoms with Crippen molar-refractivity contribution in [2.45, 2.75) is 131 Å². The molecule has 0 aliphatic heterocycles. The highest BCUT2D eigenvalue weighted by atomic mass is 16.6. The van der Waals surface area contributed by atoms with Crippen molar-refractivity contribution in [2.24, 2.45) is 52.3 Å². The third kappa shape index (κ3) is 7.71. The highest BCUT2D eigenvalue weighted by molar-refractivity contribution is 5.77. The Bertz CT molecular complexity index is 974. The highest BCUT2D eigenvalue weighted by Gasteiger charge is 2.60. The van der Waals surface area contributed by atoms with Crippen LogP contribution < -0.4 is 0 Å². The standard InChI is InChI=1S/C37H62O6/c1-24(2)10-9-11-25(3)30-12-13-31-35-26(4)20-27-21-28(16-18-36(27,5)32(35)17-19-37(30,31)6)43-34(39)15-14-33(38)42-23-29(41-8)22-40-7/h20,24-26,28-32,35H,9-19,21-23H2,1-8H3/t25-,26?,28+,29?,30-,31?,32?,35?,36+,37-/m1/s1. The molecule has 4 aliphatic rings. The zero-order valence-electron chi connectivity index (χ0n) is 28.6. The Balaban J connectivity index is 1.32. The Morgan fingerprint density at radius 3 is 2.37 bits per heavy atom. The molecule has 0 bridgehead atoms. The number of rotatable bonds is 14. The molecule has 6 nitrogen and oxygen atoms in total. The number of hydrogen-bond acceptors (Lipinski definition) is 6. The van der Waals surface area contributed by atoms with Gasteiger partial charge in [0.25, 0.3) is 0 Å².